The summed E-state index contributed by atoms with van der Waals surface area (Å²) in [5.74, 6) is -0.351. The third-order valence-corrected chi connectivity index (χ3v) is 3.79. The first-order chi connectivity index (χ1) is 9.05. The van der Waals surface area contributed by atoms with Crippen molar-refractivity contribution in [3.8, 4) is 0 Å². The number of hydrogen-bond acceptors (Lipinski definition) is 5. The van der Waals surface area contributed by atoms with Crippen LogP contribution in [0.1, 0.15) is 6.42 Å². The van der Waals surface area contributed by atoms with E-state index < -0.39 is 5.60 Å². The van der Waals surface area contributed by atoms with Gasteiger partial charge in [0, 0.05) is 45.4 Å². The normalized spacial score (nSPS) is 35.5. The molecular weight excluding hydrogens is 248 g/mol. The minimum absolute atomic E-state index is 0.164. The van der Waals surface area contributed by atoms with Gasteiger partial charge in [-0.2, -0.15) is 0 Å². The molecule has 0 bridgehead atoms. The van der Waals surface area contributed by atoms with Gasteiger partial charge in [0.1, 0.15) is 6.10 Å². The zero-order valence-electron chi connectivity index (χ0n) is 11.2. The molecule has 104 valence electrons. The third kappa shape index (κ3) is 1.86. The Morgan fingerprint density at radius 3 is 2.74 bits per heavy atom. The van der Waals surface area contributed by atoms with Crippen LogP contribution in [0, 0.1) is 0 Å². The first-order valence-electron chi connectivity index (χ1n) is 6.52. The maximum Gasteiger partial charge on any atom is 0.265 e. The van der Waals surface area contributed by atoms with Crippen LogP contribution in [-0.4, -0.2) is 73.6 Å². The molecule has 2 aliphatic heterocycles. The molecule has 0 spiro atoms. The molecule has 3 aliphatic rings. The Bertz CT molecular complexity index is 454. The van der Waals surface area contributed by atoms with Crippen molar-refractivity contribution in [1.29, 1.82) is 0 Å². The summed E-state index contributed by atoms with van der Waals surface area (Å²) in [6.07, 6.45) is 2.06. The zero-order chi connectivity index (χ0) is 13.6. The van der Waals surface area contributed by atoms with Crippen LogP contribution in [0.3, 0.4) is 0 Å². The summed E-state index contributed by atoms with van der Waals surface area (Å²) in [7, 11) is 3.73. The number of morpholine rings is 1. The number of fused-ring (bicyclic) bond motifs is 1. The summed E-state index contributed by atoms with van der Waals surface area (Å²) in [5.41, 5.74) is -0.526. The number of rotatable bonds is 2. The van der Waals surface area contributed by atoms with E-state index in [-0.39, 0.29) is 17.8 Å². The summed E-state index contributed by atoms with van der Waals surface area (Å²) in [4.78, 5) is 28.4. The molecule has 0 N–H and O–H groups in total. The number of carbonyl (C=O) groups is 2. The van der Waals surface area contributed by atoms with Gasteiger partial charge < -0.3 is 19.3 Å². The smallest absolute Gasteiger partial charge is 0.265 e. The fraction of sp³-hybridized carbons (Fsp3) is 0.692. The Hall–Kier alpha value is -1.40. The minimum atomic E-state index is -1.21. The lowest BCUT2D eigenvalue weighted by atomic mass is 10.0. The van der Waals surface area contributed by atoms with E-state index in [9.17, 15) is 9.59 Å². The van der Waals surface area contributed by atoms with E-state index in [1.165, 1.54) is 0 Å². The molecule has 0 aromatic carbocycles. The molecular formula is C13H18N2O4. The molecule has 19 heavy (non-hydrogen) atoms. The van der Waals surface area contributed by atoms with E-state index in [0.29, 0.717) is 38.3 Å². The fourth-order valence-corrected chi connectivity index (χ4v) is 2.82. The lowest BCUT2D eigenvalue weighted by Gasteiger charge is -2.28. The van der Waals surface area contributed by atoms with Crippen molar-refractivity contribution in [3.63, 3.8) is 0 Å². The van der Waals surface area contributed by atoms with Crippen molar-refractivity contribution in [2.45, 2.75) is 18.1 Å². The molecule has 3 rings (SSSR count). The average molecular weight is 266 g/mol. The SMILES string of the molecule is CN(C)/C=C1\CC2OC2(C(=O)N2CCOCC2)C1=O. The Kier molecular flexibility index (Phi) is 2.87. The summed E-state index contributed by atoms with van der Waals surface area (Å²) < 4.78 is 10.7. The van der Waals surface area contributed by atoms with Crippen LogP contribution in [0.15, 0.2) is 11.8 Å². The quantitative estimate of drug-likeness (QED) is 0.379. The van der Waals surface area contributed by atoms with Crippen molar-refractivity contribution < 1.29 is 19.1 Å². The number of hydrogen-bond donors (Lipinski definition) is 0. The number of Topliss-reactive ketones (excluding diaryl/α,β-unsaturated/α-hetero) is 1. The highest BCUT2D eigenvalue weighted by molar-refractivity contribution is 6.22. The summed E-state index contributed by atoms with van der Waals surface area (Å²) >= 11 is 0. The first kappa shape index (κ1) is 12.6. The van der Waals surface area contributed by atoms with Gasteiger partial charge in [-0.1, -0.05) is 0 Å². The number of ketones is 1. The number of amides is 1. The van der Waals surface area contributed by atoms with Crippen LogP contribution < -0.4 is 0 Å². The van der Waals surface area contributed by atoms with Gasteiger partial charge in [-0.05, 0) is 0 Å². The van der Waals surface area contributed by atoms with Crippen LogP contribution in [0.25, 0.3) is 0 Å². The monoisotopic (exact) mass is 266 g/mol. The second-order valence-electron chi connectivity index (χ2n) is 5.40. The van der Waals surface area contributed by atoms with E-state index in [0.717, 1.165) is 0 Å². The second-order valence-corrected chi connectivity index (χ2v) is 5.40. The molecule has 1 aliphatic carbocycles. The van der Waals surface area contributed by atoms with Gasteiger partial charge in [0.05, 0.1) is 13.2 Å². The van der Waals surface area contributed by atoms with Crippen LogP contribution >= 0.6 is 0 Å². The van der Waals surface area contributed by atoms with Crippen LogP contribution in [0.5, 0.6) is 0 Å². The Balaban J connectivity index is 1.78. The van der Waals surface area contributed by atoms with Crippen molar-refractivity contribution in [3.05, 3.63) is 11.8 Å². The van der Waals surface area contributed by atoms with Crippen molar-refractivity contribution >= 4 is 11.7 Å². The first-order valence-corrected chi connectivity index (χ1v) is 6.52. The zero-order valence-corrected chi connectivity index (χ0v) is 11.2. The number of ether oxygens (including phenoxy) is 2. The predicted octanol–water partition coefficient (Wildman–Crippen LogP) is -0.599. The molecule has 1 amide bonds. The van der Waals surface area contributed by atoms with Gasteiger partial charge >= 0.3 is 0 Å². The standard InChI is InChI=1S/C13H18N2O4/c1-14(2)8-9-7-10-13(19-10,11(9)16)12(17)15-3-5-18-6-4-15/h8,10H,3-7H2,1-2H3/b9-8+. The maximum atomic E-state index is 12.5. The Morgan fingerprint density at radius 2 is 2.11 bits per heavy atom. The van der Waals surface area contributed by atoms with Gasteiger partial charge in [0.2, 0.25) is 11.4 Å². The van der Waals surface area contributed by atoms with Gasteiger partial charge in [-0.3, -0.25) is 9.59 Å². The largest absolute Gasteiger partial charge is 0.383 e. The van der Waals surface area contributed by atoms with E-state index in [4.69, 9.17) is 9.47 Å². The highest BCUT2D eigenvalue weighted by atomic mass is 16.6. The van der Waals surface area contributed by atoms with Gasteiger partial charge in [-0.25, -0.2) is 0 Å². The van der Waals surface area contributed by atoms with Gasteiger partial charge in [-0.15, -0.1) is 0 Å². The average Bonchev–Trinajstić information content (AvgIpc) is 3.06. The van der Waals surface area contributed by atoms with Crippen LogP contribution in [0.4, 0.5) is 0 Å². The van der Waals surface area contributed by atoms with E-state index in [2.05, 4.69) is 0 Å². The Labute approximate surface area is 111 Å². The van der Waals surface area contributed by atoms with Crippen molar-refractivity contribution in [2.75, 3.05) is 40.4 Å². The molecule has 6 heteroatoms. The van der Waals surface area contributed by atoms with E-state index >= 15 is 0 Å². The number of carbonyl (C=O) groups excluding carboxylic acids is 2. The lowest BCUT2D eigenvalue weighted by molar-refractivity contribution is -0.145. The van der Waals surface area contributed by atoms with Crippen LogP contribution in [0.2, 0.25) is 0 Å². The van der Waals surface area contributed by atoms with E-state index in [1.807, 2.05) is 19.0 Å². The summed E-state index contributed by atoms with van der Waals surface area (Å²) in [5, 5.41) is 0. The van der Waals surface area contributed by atoms with Gasteiger partial charge in [0.15, 0.2) is 0 Å². The Morgan fingerprint density at radius 1 is 1.42 bits per heavy atom. The molecule has 0 radical (unpaired) electrons. The van der Waals surface area contributed by atoms with Gasteiger partial charge in [0.25, 0.3) is 5.91 Å². The molecule has 2 atom stereocenters. The lowest BCUT2D eigenvalue weighted by Crippen LogP contribution is -2.50. The minimum Gasteiger partial charge on any atom is -0.383 e. The number of nitrogens with zero attached hydrogens (tertiary/aromatic N) is 2. The predicted molar refractivity (Wildman–Crippen MR) is 66.4 cm³/mol. The number of epoxide rings is 1. The highest BCUT2D eigenvalue weighted by Gasteiger charge is 2.73. The second kappa shape index (κ2) is 4.31. The van der Waals surface area contributed by atoms with Crippen molar-refractivity contribution in [2.24, 2.45) is 0 Å². The van der Waals surface area contributed by atoms with E-state index in [1.54, 1.807) is 11.1 Å². The molecule has 2 unspecified atom stereocenters. The molecule has 0 aromatic heterocycles. The highest BCUT2D eigenvalue weighted by Crippen LogP contribution is 2.50. The van der Waals surface area contributed by atoms with Crippen LogP contribution in [-0.2, 0) is 19.1 Å². The molecule has 2 heterocycles. The summed E-state index contributed by atoms with van der Waals surface area (Å²) in [6.45, 7) is 2.13. The molecule has 1 saturated carbocycles. The third-order valence-electron chi connectivity index (χ3n) is 3.79. The fourth-order valence-electron chi connectivity index (χ4n) is 2.82. The summed E-state index contributed by atoms with van der Waals surface area (Å²) in [6, 6.07) is 0. The molecule has 0 aromatic rings. The molecule has 2 saturated heterocycles. The van der Waals surface area contributed by atoms with Crippen molar-refractivity contribution in [1.82, 2.24) is 9.80 Å². The molecule has 3 fully saturated rings. The molecule has 6 nitrogen and oxygen atoms in total. The maximum absolute atomic E-state index is 12.5. The topological polar surface area (TPSA) is 62.4 Å².